The molecule has 2 aromatic rings. The normalized spacial score (nSPS) is 17.1. The van der Waals surface area contributed by atoms with Crippen molar-refractivity contribution in [2.75, 3.05) is 7.05 Å². The lowest BCUT2D eigenvalue weighted by Gasteiger charge is -2.06. The molecule has 0 saturated heterocycles. The predicted molar refractivity (Wildman–Crippen MR) is 69.4 cm³/mol. The number of pyridine rings is 1. The Labute approximate surface area is 111 Å². The van der Waals surface area contributed by atoms with Gasteiger partial charge in [0.15, 0.2) is 0 Å². The Bertz CT molecular complexity index is 714. The third-order valence-corrected chi connectivity index (χ3v) is 4.89. The van der Waals surface area contributed by atoms with E-state index in [1.54, 1.807) is 49.8 Å². The largest absolute Gasteiger partial charge is 0.456 e. The Kier molecular flexibility index (Phi) is 2.76. The van der Waals surface area contributed by atoms with Gasteiger partial charge >= 0.3 is 0 Å². The summed E-state index contributed by atoms with van der Waals surface area (Å²) < 4.78 is 30.8. The highest BCUT2D eigenvalue weighted by Crippen LogP contribution is 2.32. The molecule has 19 heavy (non-hydrogen) atoms. The summed E-state index contributed by atoms with van der Waals surface area (Å²) in [6, 6.07) is 8.57. The molecule has 2 heterocycles. The summed E-state index contributed by atoms with van der Waals surface area (Å²) in [6.45, 7) is 0.377. The number of sulfonamides is 1. The average molecular weight is 276 g/mol. The average Bonchev–Trinajstić information content (AvgIpc) is 2.61. The molecule has 0 saturated carbocycles. The van der Waals surface area contributed by atoms with E-state index in [1.807, 2.05) is 0 Å². The van der Waals surface area contributed by atoms with Crippen LogP contribution in [-0.4, -0.2) is 24.8 Å². The highest BCUT2D eigenvalue weighted by atomic mass is 32.2. The van der Waals surface area contributed by atoms with Gasteiger partial charge in [-0.2, -0.15) is 4.31 Å². The van der Waals surface area contributed by atoms with Crippen molar-refractivity contribution in [3.63, 3.8) is 0 Å². The van der Waals surface area contributed by atoms with Gasteiger partial charge in [0.2, 0.25) is 10.0 Å². The molecule has 0 aliphatic carbocycles. The lowest BCUT2D eigenvalue weighted by Crippen LogP contribution is -2.18. The van der Waals surface area contributed by atoms with E-state index in [2.05, 4.69) is 4.98 Å². The molecule has 0 unspecified atom stereocenters. The van der Waals surface area contributed by atoms with E-state index in [-0.39, 0.29) is 0 Å². The van der Waals surface area contributed by atoms with Crippen molar-refractivity contribution in [3.8, 4) is 11.5 Å². The number of nitrogens with zero attached hydrogens (tertiary/aromatic N) is 2. The van der Waals surface area contributed by atoms with Gasteiger partial charge in [0.05, 0.1) is 11.1 Å². The predicted octanol–water partition coefficient (Wildman–Crippen LogP) is 2.01. The summed E-state index contributed by atoms with van der Waals surface area (Å²) in [4.78, 5) is 4.31. The van der Waals surface area contributed by atoms with Gasteiger partial charge in [-0.05, 0) is 35.9 Å². The zero-order valence-electron chi connectivity index (χ0n) is 10.3. The number of fused-ring (bicyclic) bond motifs is 1. The van der Waals surface area contributed by atoms with Crippen molar-refractivity contribution < 1.29 is 13.2 Å². The zero-order valence-corrected chi connectivity index (χ0v) is 11.1. The second-order valence-corrected chi connectivity index (χ2v) is 6.33. The van der Waals surface area contributed by atoms with Crippen molar-refractivity contribution >= 4 is 10.0 Å². The number of hydrogen-bond acceptors (Lipinski definition) is 4. The number of ether oxygens (including phenoxy) is 1. The summed E-state index contributed by atoms with van der Waals surface area (Å²) >= 11 is 0. The van der Waals surface area contributed by atoms with Crippen LogP contribution in [0, 0.1) is 0 Å². The van der Waals surface area contributed by atoms with Gasteiger partial charge in [-0.25, -0.2) is 8.42 Å². The molecule has 1 aliphatic rings. The maximum atomic E-state index is 11.9. The highest BCUT2D eigenvalue weighted by Gasteiger charge is 2.31. The van der Waals surface area contributed by atoms with Crippen LogP contribution in [0.25, 0.3) is 0 Å². The molecule has 6 heteroatoms. The SMILES string of the molecule is CN1Cc2cc(Oc3cccnc3)ccc2S1(=O)=O. The molecule has 1 aromatic carbocycles. The second-order valence-electron chi connectivity index (χ2n) is 4.32. The molecular weight excluding hydrogens is 264 g/mol. The van der Waals surface area contributed by atoms with Gasteiger partial charge in [0, 0.05) is 19.8 Å². The molecule has 0 N–H and O–H groups in total. The molecule has 0 bridgehead atoms. The third kappa shape index (κ3) is 2.09. The fraction of sp³-hybridized carbons (Fsp3) is 0.154. The topological polar surface area (TPSA) is 59.5 Å². The summed E-state index contributed by atoms with van der Waals surface area (Å²) in [5, 5.41) is 0. The zero-order chi connectivity index (χ0) is 13.5. The van der Waals surface area contributed by atoms with Crippen molar-refractivity contribution in [1.29, 1.82) is 0 Å². The molecule has 0 amide bonds. The first-order chi connectivity index (χ1) is 9.07. The first-order valence-electron chi connectivity index (χ1n) is 5.74. The molecule has 98 valence electrons. The molecular formula is C13H12N2O3S. The Morgan fingerprint density at radius 2 is 2.11 bits per heavy atom. The van der Waals surface area contributed by atoms with Gasteiger partial charge in [-0.1, -0.05) is 0 Å². The van der Waals surface area contributed by atoms with Gasteiger partial charge in [0.25, 0.3) is 0 Å². The van der Waals surface area contributed by atoms with E-state index in [0.29, 0.717) is 22.9 Å². The molecule has 0 radical (unpaired) electrons. The van der Waals surface area contributed by atoms with Crippen LogP contribution in [0.2, 0.25) is 0 Å². The number of rotatable bonds is 2. The molecule has 0 spiro atoms. The van der Waals surface area contributed by atoms with E-state index >= 15 is 0 Å². The summed E-state index contributed by atoms with van der Waals surface area (Å²) in [5.74, 6) is 1.23. The number of aromatic nitrogens is 1. The molecule has 5 nitrogen and oxygen atoms in total. The van der Waals surface area contributed by atoms with E-state index in [0.717, 1.165) is 5.56 Å². The van der Waals surface area contributed by atoms with Crippen LogP contribution in [0.5, 0.6) is 11.5 Å². The van der Waals surface area contributed by atoms with Crippen LogP contribution in [0.3, 0.4) is 0 Å². The minimum Gasteiger partial charge on any atom is -0.456 e. The highest BCUT2D eigenvalue weighted by molar-refractivity contribution is 7.89. The number of benzene rings is 1. The van der Waals surface area contributed by atoms with E-state index < -0.39 is 10.0 Å². The van der Waals surface area contributed by atoms with Crippen LogP contribution in [0.4, 0.5) is 0 Å². The van der Waals surface area contributed by atoms with Crippen LogP contribution in [-0.2, 0) is 16.6 Å². The molecule has 1 aromatic heterocycles. The van der Waals surface area contributed by atoms with Gasteiger partial charge in [0.1, 0.15) is 11.5 Å². The molecule has 1 aliphatic heterocycles. The Balaban J connectivity index is 1.94. The fourth-order valence-corrected chi connectivity index (χ4v) is 3.37. The molecule has 0 atom stereocenters. The first-order valence-corrected chi connectivity index (χ1v) is 7.18. The maximum absolute atomic E-state index is 11.9. The maximum Gasteiger partial charge on any atom is 0.243 e. The Hall–Kier alpha value is -1.92. The number of hydrogen-bond donors (Lipinski definition) is 0. The van der Waals surface area contributed by atoms with Crippen LogP contribution in [0.1, 0.15) is 5.56 Å². The molecule has 3 rings (SSSR count). The van der Waals surface area contributed by atoms with Crippen LogP contribution in [0.15, 0.2) is 47.6 Å². The van der Waals surface area contributed by atoms with Crippen LogP contribution < -0.4 is 4.74 Å². The van der Waals surface area contributed by atoms with E-state index in [9.17, 15) is 8.42 Å². The first kappa shape index (κ1) is 12.1. The van der Waals surface area contributed by atoms with Crippen LogP contribution >= 0.6 is 0 Å². The van der Waals surface area contributed by atoms with Gasteiger partial charge < -0.3 is 4.74 Å². The second kappa shape index (κ2) is 4.32. The summed E-state index contributed by atoms with van der Waals surface area (Å²) in [7, 11) is -1.74. The van der Waals surface area contributed by atoms with E-state index in [4.69, 9.17) is 4.74 Å². The molecule has 0 fully saturated rings. The van der Waals surface area contributed by atoms with E-state index in [1.165, 1.54) is 4.31 Å². The van der Waals surface area contributed by atoms with Crippen molar-refractivity contribution in [2.45, 2.75) is 11.4 Å². The lowest BCUT2D eigenvalue weighted by molar-refractivity contribution is 0.475. The third-order valence-electron chi connectivity index (χ3n) is 2.98. The minimum atomic E-state index is -3.31. The Morgan fingerprint density at radius 3 is 2.84 bits per heavy atom. The van der Waals surface area contributed by atoms with Crippen molar-refractivity contribution in [2.24, 2.45) is 0 Å². The summed E-state index contributed by atoms with van der Waals surface area (Å²) in [5.41, 5.74) is 0.754. The lowest BCUT2D eigenvalue weighted by atomic mass is 10.2. The summed E-state index contributed by atoms with van der Waals surface area (Å²) in [6.07, 6.45) is 3.27. The monoisotopic (exact) mass is 276 g/mol. The van der Waals surface area contributed by atoms with Crippen molar-refractivity contribution in [1.82, 2.24) is 9.29 Å². The Morgan fingerprint density at radius 1 is 1.26 bits per heavy atom. The van der Waals surface area contributed by atoms with Crippen molar-refractivity contribution in [3.05, 3.63) is 48.3 Å². The van der Waals surface area contributed by atoms with Gasteiger partial charge in [-0.15, -0.1) is 0 Å². The quantitative estimate of drug-likeness (QED) is 0.842. The standard InChI is InChI=1S/C13H12N2O3S/c1-15-9-10-7-11(4-5-13(10)19(15,16)17)18-12-3-2-6-14-8-12/h2-8H,9H2,1H3. The smallest absolute Gasteiger partial charge is 0.243 e. The fourth-order valence-electron chi connectivity index (χ4n) is 2.03. The van der Waals surface area contributed by atoms with Gasteiger partial charge in [-0.3, -0.25) is 4.98 Å². The minimum absolute atomic E-state index is 0.355.